The van der Waals surface area contributed by atoms with Gasteiger partial charge < -0.3 is 14.5 Å². The predicted molar refractivity (Wildman–Crippen MR) is 156 cm³/mol. The number of hydrogen-bond acceptors (Lipinski definition) is 4. The third-order valence-corrected chi connectivity index (χ3v) is 10.2. The van der Waals surface area contributed by atoms with Crippen molar-refractivity contribution >= 4 is 17.5 Å². The normalized spacial score (nSPS) is 31.2. The highest BCUT2D eigenvalue weighted by atomic mass is 35.5. The van der Waals surface area contributed by atoms with Crippen LogP contribution in [0.25, 0.3) is 0 Å². The van der Waals surface area contributed by atoms with Crippen LogP contribution in [0.4, 0.5) is 0 Å². The highest BCUT2D eigenvalue weighted by molar-refractivity contribution is 6.30. The Hall–Kier alpha value is -1.14. The Morgan fingerprint density at radius 2 is 1.74 bits per heavy atom. The Bertz CT molecular complexity index is 942. The van der Waals surface area contributed by atoms with Gasteiger partial charge in [-0.15, -0.1) is 0 Å². The molecule has 1 saturated carbocycles. The Morgan fingerprint density at radius 3 is 2.37 bits per heavy atom. The second kappa shape index (κ2) is 11.4. The van der Waals surface area contributed by atoms with Crippen LogP contribution in [0.1, 0.15) is 91.0 Å². The van der Waals surface area contributed by atoms with Gasteiger partial charge in [0.25, 0.3) is 5.91 Å². The molecule has 6 heteroatoms. The third kappa shape index (κ3) is 6.43. The summed E-state index contributed by atoms with van der Waals surface area (Å²) in [6.45, 7) is 17.9. The molecule has 0 aromatic heterocycles. The minimum atomic E-state index is -0.219. The van der Waals surface area contributed by atoms with Crippen LogP contribution in [0.2, 0.25) is 5.02 Å². The first-order valence-corrected chi connectivity index (χ1v) is 15.5. The molecule has 4 fully saturated rings. The van der Waals surface area contributed by atoms with Gasteiger partial charge in [0.2, 0.25) is 0 Å². The van der Waals surface area contributed by atoms with Crippen molar-refractivity contribution in [2.75, 3.05) is 39.3 Å². The smallest absolute Gasteiger partial charge is 0.252 e. The molecule has 1 aliphatic carbocycles. The van der Waals surface area contributed by atoms with Gasteiger partial charge in [0, 0.05) is 67.9 Å². The van der Waals surface area contributed by atoms with Crippen LogP contribution in [0.5, 0.6) is 0 Å². The van der Waals surface area contributed by atoms with Gasteiger partial charge in [-0.2, -0.15) is 0 Å². The topological polar surface area (TPSA) is 36.0 Å². The maximum Gasteiger partial charge on any atom is 0.252 e. The van der Waals surface area contributed by atoms with Gasteiger partial charge >= 0.3 is 0 Å². The Morgan fingerprint density at radius 1 is 1.03 bits per heavy atom. The molecule has 38 heavy (non-hydrogen) atoms. The molecule has 212 valence electrons. The van der Waals surface area contributed by atoms with E-state index < -0.39 is 0 Å². The number of ether oxygens (including phenoxy) is 1. The number of nitrogens with zero attached hydrogens (tertiary/aromatic N) is 3. The standard InChI is InChI=1S/C32H50ClN3O2/c1-31(2,3)35-20-24(28(22-35)23-8-10-25(33)11-9-23)19-34-17-14-27(21-34)36(30(37)29-7-6-18-38-29)26-12-15-32(4,5)16-13-26/h8-11,24,26-29H,6-7,12-22H2,1-5H3/t24-,27-,28-,29-/m0/s1. The van der Waals surface area contributed by atoms with Crippen LogP contribution in [0.3, 0.4) is 0 Å². The Labute approximate surface area is 236 Å². The molecule has 1 amide bonds. The van der Waals surface area contributed by atoms with Crippen LogP contribution in [0.15, 0.2) is 24.3 Å². The zero-order valence-electron chi connectivity index (χ0n) is 24.4. The van der Waals surface area contributed by atoms with Gasteiger partial charge in [0.1, 0.15) is 6.10 Å². The molecule has 1 aromatic carbocycles. The molecule has 4 aliphatic rings. The molecule has 3 saturated heterocycles. The molecule has 0 unspecified atom stereocenters. The Kier molecular flexibility index (Phi) is 8.51. The maximum absolute atomic E-state index is 13.8. The fraction of sp³-hybridized carbons (Fsp3) is 0.781. The molecule has 1 aromatic rings. The summed E-state index contributed by atoms with van der Waals surface area (Å²) in [5.74, 6) is 1.36. The summed E-state index contributed by atoms with van der Waals surface area (Å²) >= 11 is 6.23. The van der Waals surface area contributed by atoms with Crippen LogP contribution < -0.4 is 0 Å². The summed E-state index contributed by atoms with van der Waals surface area (Å²) in [5, 5.41) is 0.806. The first-order valence-electron chi connectivity index (χ1n) is 15.2. The quantitative estimate of drug-likeness (QED) is 0.427. The van der Waals surface area contributed by atoms with E-state index in [9.17, 15) is 4.79 Å². The summed E-state index contributed by atoms with van der Waals surface area (Å²) in [6.07, 6.45) is 7.43. The van der Waals surface area contributed by atoms with E-state index >= 15 is 0 Å². The van der Waals surface area contributed by atoms with Gasteiger partial charge in [-0.3, -0.25) is 9.69 Å². The molecular weight excluding hydrogens is 494 g/mol. The van der Waals surface area contributed by atoms with Gasteiger partial charge in [0.15, 0.2) is 0 Å². The van der Waals surface area contributed by atoms with Crippen LogP contribution >= 0.6 is 11.6 Å². The zero-order chi connectivity index (χ0) is 27.1. The molecule has 0 N–H and O–H groups in total. The second-order valence-electron chi connectivity index (χ2n) is 14.3. The lowest BCUT2D eigenvalue weighted by atomic mass is 9.75. The van der Waals surface area contributed by atoms with Crippen molar-refractivity contribution < 1.29 is 9.53 Å². The van der Waals surface area contributed by atoms with E-state index in [1.54, 1.807) is 0 Å². The predicted octanol–water partition coefficient (Wildman–Crippen LogP) is 6.20. The minimum Gasteiger partial charge on any atom is -0.368 e. The largest absolute Gasteiger partial charge is 0.368 e. The van der Waals surface area contributed by atoms with E-state index in [0.717, 1.165) is 76.5 Å². The minimum absolute atomic E-state index is 0.159. The monoisotopic (exact) mass is 543 g/mol. The molecule has 0 radical (unpaired) electrons. The number of hydrogen-bond donors (Lipinski definition) is 0. The van der Waals surface area contributed by atoms with Crippen molar-refractivity contribution in [1.29, 1.82) is 0 Å². The van der Waals surface area contributed by atoms with Gasteiger partial charge in [-0.25, -0.2) is 0 Å². The SMILES string of the molecule is CC1(C)CCC(N(C(=O)[C@@H]2CCCO2)[C@H]2CCN(C[C@H]3CN(C(C)(C)C)C[C@H]3c3ccc(Cl)cc3)C2)CC1. The van der Waals surface area contributed by atoms with Crippen molar-refractivity contribution in [2.24, 2.45) is 11.3 Å². The van der Waals surface area contributed by atoms with Gasteiger partial charge in [0.05, 0.1) is 0 Å². The number of likely N-dealkylation sites (tertiary alicyclic amines) is 2. The number of rotatable bonds is 6. The average molecular weight is 544 g/mol. The lowest BCUT2D eigenvalue weighted by Crippen LogP contribution is -2.53. The summed E-state index contributed by atoms with van der Waals surface area (Å²) in [5.41, 5.74) is 1.96. The highest BCUT2D eigenvalue weighted by Crippen LogP contribution is 2.40. The number of halogens is 1. The molecule has 0 spiro atoms. The van der Waals surface area contributed by atoms with Crippen molar-refractivity contribution in [1.82, 2.24) is 14.7 Å². The third-order valence-electron chi connectivity index (χ3n) is 9.98. The van der Waals surface area contributed by atoms with E-state index in [0.29, 0.717) is 29.3 Å². The number of carbonyl (C=O) groups excluding carboxylic acids is 1. The van der Waals surface area contributed by atoms with Crippen molar-refractivity contribution in [3.8, 4) is 0 Å². The molecule has 3 heterocycles. The molecule has 0 bridgehead atoms. The summed E-state index contributed by atoms with van der Waals surface area (Å²) in [4.78, 5) is 21.5. The first-order chi connectivity index (χ1) is 18.0. The average Bonchev–Trinajstić information content (AvgIpc) is 3.62. The van der Waals surface area contributed by atoms with Crippen molar-refractivity contribution in [2.45, 2.75) is 109 Å². The first kappa shape index (κ1) is 28.4. The summed E-state index contributed by atoms with van der Waals surface area (Å²) in [6, 6.07) is 9.22. The molecule has 5 nitrogen and oxygen atoms in total. The fourth-order valence-electron chi connectivity index (χ4n) is 7.49. The fourth-order valence-corrected chi connectivity index (χ4v) is 7.61. The molecule has 3 aliphatic heterocycles. The van der Waals surface area contributed by atoms with Crippen LogP contribution in [-0.4, -0.2) is 83.7 Å². The lowest BCUT2D eigenvalue weighted by molar-refractivity contribution is -0.147. The van der Waals surface area contributed by atoms with E-state index in [1.165, 1.54) is 18.4 Å². The van der Waals surface area contributed by atoms with Crippen molar-refractivity contribution in [3.05, 3.63) is 34.9 Å². The van der Waals surface area contributed by atoms with Crippen LogP contribution in [0, 0.1) is 11.3 Å². The number of amides is 1. The number of carbonyl (C=O) groups is 1. The van der Waals surface area contributed by atoms with E-state index in [-0.39, 0.29) is 17.6 Å². The van der Waals surface area contributed by atoms with Crippen LogP contribution in [-0.2, 0) is 9.53 Å². The van der Waals surface area contributed by atoms with Gasteiger partial charge in [-0.05, 0) is 94.7 Å². The van der Waals surface area contributed by atoms with E-state index in [2.05, 4.69) is 61.5 Å². The maximum atomic E-state index is 13.8. The summed E-state index contributed by atoms with van der Waals surface area (Å²) in [7, 11) is 0. The van der Waals surface area contributed by atoms with E-state index in [4.69, 9.17) is 16.3 Å². The Balaban J connectivity index is 1.29. The highest BCUT2D eigenvalue weighted by Gasteiger charge is 2.44. The molecular formula is C32H50ClN3O2. The molecule has 4 atom stereocenters. The van der Waals surface area contributed by atoms with Gasteiger partial charge in [-0.1, -0.05) is 37.6 Å². The molecule has 5 rings (SSSR count). The second-order valence-corrected chi connectivity index (χ2v) is 14.8. The zero-order valence-corrected chi connectivity index (χ0v) is 25.2. The lowest BCUT2D eigenvalue weighted by Gasteiger charge is -2.43. The van der Waals surface area contributed by atoms with Crippen molar-refractivity contribution in [3.63, 3.8) is 0 Å². The van der Waals surface area contributed by atoms with E-state index in [1.807, 2.05) is 12.1 Å². The summed E-state index contributed by atoms with van der Waals surface area (Å²) < 4.78 is 5.92. The number of benzene rings is 1.